The van der Waals surface area contributed by atoms with E-state index in [-0.39, 0.29) is 17.7 Å². The second-order valence-corrected chi connectivity index (χ2v) is 3.51. The summed E-state index contributed by atoms with van der Waals surface area (Å²) >= 11 is 0. The van der Waals surface area contributed by atoms with Gasteiger partial charge >= 0.3 is 0 Å². The molecular formula is C10H17NO. The van der Waals surface area contributed by atoms with E-state index in [1.165, 1.54) is 18.9 Å². The van der Waals surface area contributed by atoms with Gasteiger partial charge in [0.15, 0.2) is 5.78 Å². The minimum atomic E-state index is 0.0463. The summed E-state index contributed by atoms with van der Waals surface area (Å²) in [5, 5.41) is 0. The summed E-state index contributed by atoms with van der Waals surface area (Å²) in [7, 11) is 0. The molecule has 0 aromatic heterocycles. The SMILES string of the molecule is C=CC(=O)C1CCCCCC1N. The van der Waals surface area contributed by atoms with Crippen LogP contribution in [0.3, 0.4) is 0 Å². The van der Waals surface area contributed by atoms with E-state index in [2.05, 4.69) is 6.58 Å². The molecule has 12 heavy (non-hydrogen) atoms. The van der Waals surface area contributed by atoms with Crippen LogP contribution in [0.25, 0.3) is 0 Å². The maximum atomic E-state index is 11.3. The first-order valence-electron chi connectivity index (χ1n) is 4.67. The fraction of sp³-hybridized carbons (Fsp3) is 0.700. The molecule has 2 nitrogen and oxygen atoms in total. The van der Waals surface area contributed by atoms with Gasteiger partial charge in [-0.05, 0) is 18.9 Å². The monoisotopic (exact) mass is 167 g/mol. The molecule has 2 N–H and O–H groups in total. The van der Waals surface area contributed by atoms with Crippen LogP contribution in [0.1, 0.15) is 32.1 Å². The van der Waals surface area contributed by atoms with Crippen molar-refractivity contribution in [3.05, 3.63) is 12.7 Å². The molecule has 1 rings (SSSR count). The number of carbonyl (C=O) groups is 1. The number of carbonyl (C=O) groups excluding carboxylic acids is 1. The van der Waals surface area contributed by atoms with Crippen LogP contribution in [0.4, 0.5) is 0 Å². The first-order chi connectivity index (χ1) is 5.75. The predicted molar refractivity (Wildman–Crippen MR) is 49.8 cm³/mol. The van der Waals surface area contributed by atoms with Crippen molar-refractivity contribution in [3.8, 4) is 0 Å². The van der Waals surface area contributed by atoms with Gasteiger partial charge in [0, 0.05) is 12.0 Å². The Bertz CT molecular complexity index is 177. The van der Waals surface area contributed by atoms with Crippen LogP contribution in [-0.2, 0) is 4.79 Å². The quantitative estimate of drug-likeness (QED) is 0.502. The van der Waals surface area contributed by atoms with E-state index in [9.17, 15) is 4.79 Å². The van der Waals surface area contributed by atoms with Gasteiger partial charge in [0.05, 0.1) is 0 Å². The van der Waals surface area contributed by atoms with Gasteiger partial charge in [-0.2, -0.15) is 0 Å². The van der Waals surface area contributed by atoms with E-state index >= 15 is 0 Å². The van der Waals surface area contributed by atoms with Gasteiger partial charge in [-0.1, -0.05) is 25.8 Å². The second-order valence-electron chi connectivity index (χ2n) is 3.51. The number of hydrogen-bond acceptors (Lipinski definition) is 2. The summed E-state index contributed by atoms with van der Waals surface area (Å²) in [6.07, 6.45) is 6.88. The van der Waals surface area contributed by atoms with Gasteiger partial charge < -0.3 is 5.73 Å². The lowest BCUT2D eigenvalue weighted by molar-refractivity contribution is -0.118. The lowest BCUT2D eigenvalue weighted by Crippen LogP contribution is -2.33. The predicted octanol–water partition coefficient (Wildman–Crippen LogP) is 1.65. The summed E-state index contributed by atoms with van der Waals surface area (Å²) in [6, 6.07) is 0.0676. The van der Waals surface area contributed by atoms with E-state index in [1.54, 1.807) is 0 Å². The topological polar surface area (TPSA) is 43.1 Å². The van der Waals surface area contributed by atoms with Crippen LogP contribution in [0.2, 0.25) is 0 Å². The van der Waals surface area contributed by atoms with Gasteiger partial charge in [0.2, 0.25) is 0 Å². The number of rotatable bonds is 2. The van der Waals surface area contributed by atoms with Crippen LogP contribution >= 0.6 is 0 Å². The van der Waals surface area contributed by atoms with E-state index in [1.807, 2.05) is 0 Å². The molecule has 0 radical (unpaired) electrons. The lowest BCUT2D eigenvalue weighted by Gasteiger charge is -2.17. The largest absolute Gasteiger partial charge is 0.327 e. The Kier molecular flexibility index (Phi) is 3.48. The maximum Gasteiger partial charge on any atom is 0.159 e. The van der Waals surface area contributed by atoms with Crippen molar-refractivity contribution >= 4 is 5.78 Å². The number of ketones is 1. The van der Waals surface area contributed by atoms with Crippen molar-refractivity contribution in [2.75, 3.05) is 0 Å². The van der Waals surface area contributed by atoms with Gasteiger partial charge in [-0.25, -0.2) is 0 Å². The third kappa shape index (κ3) is 2.18. The van der Waals surface area contributed by atoms with Crippen LogP contribution < -0.4 is 5.73 Å². The number of nitrogens with two attached hydrogens (primary N) is 1. The highest BCUT2D eigenvalue weighted by molar-refractivity contribution is 5.91. The molecule has 1 aliphatic carbocycles. The number of hydrogen-bond donors (Lipinski definition) is 1. The van der Waals surface area contributed by atoms with E-state index in [0.29, 0.717) is 0 Å². The molecule has 2 unspecified atom stereocenters. The molecule has 68 valence electrons. The zero-order chi connectivity index (χ0) is 8.97. The van der Waals surface area contributed by atoms with E-state index in [4.69, 9.17) is 5.73 Å². The summed E-state index contributed by atoms with van der Waals surface area (Å²) in [5.74, 6) is 0.175. The molecule has 0 aromatic rings. The highest BCUT2D eigenvalue weighted by atomic mass is 16.1. The third-order valence-corrected chi connectivity index (χ3v) is 2.64. The van der Waals surface area contributed by atoms with Gasteiger partial charge in [0.25, 0.3) is 0 Å². The Morgan fingerprint density at radius 2 is 2.00 bits per heavy atom. The summed E-state index contributed by atoms with van der Waals surface area (Å²) in [6.45, 7) is 3.50. The fourth-order valence-corrected chi connectivity index (χ4v) is 1.84. The van der Waals surface area contributed by atoms with Crippen molar-refractivity contribution in [2.24, 2.45) is 11.7 Å². The molecule has 0 bridgehead atoms. The van der Waals surface area contributed by atoms with Gasteiger partial charge in [0.1, 0.15) is 0 Å². The molecule has 0 spiro atoms. The molecule has 2 heteroatoms. The van der Waals surface area contributed by atoms with Crippen molar-refractivity contribution < 1.29 is 4.79 Å². The average Bonchev–Trinajstić information content (AvgIpc) is 2.28. The zero-order valence-electron chi connectivity index (χ0n) is 7.46. The summed E-state index contributed by atoms with van der Waals surface area (Å²) in [4.78, 5) is 11.3. The minimum absolute atomic E-state index is 0.0463. The van der Waals surface area contributed by atoms with Gasteiger partial charge in [-0.3, -0.25) is 4.79 Å². The van der Waals surface area contributed by atoms with Crippen molar-refractivity contribution in [1.29, 1.82) is 0 Å². The second kappa shape index (κ2) is 4.41. The average molecular weight is 167 g/mol. The highest BCUT2D eigenvalue weighted by Crippen LogP contribution is 2.22. The Morgan fingerprint density at radius 1 is 1.33 bits per heavy atom. The molecule has 1 aliphatic rings. The fourth-order valence-electron chi connectivity index (χ4n) is 1.84. The maximum absolute atomic E-state index is 11.3. The number of allylic oxidation sites excluding steroid dienone is 1. The van der Waals surface area contributed by atoms with Crippen molar-refractivity contribution in [1.82, 2.24) is 0 Å². The Morgan fingerprint density at radius 3 is 2.67 bits per heavy atom. The molecular weight excluding hydrogens is 150 g/mol. The Balaban J connectivity index is 2.58. The molecule has 0 aliphatic heterocycles. The molecule has 0 saturated heterocycles. The molecule has 0 amide bonds. The van der Waals surface area contributed by atoms with Crippen molar-refractivity contribution in [2.45, 2.75) is 38.1 Å². The molecule has 0 aromatic carbocycles. The van der Waals surface area contributed by atoms with Crippen LogP contribution in [0.15, 0.2) is 12.7 Å². The molecule has 1 saturated carbocycles. The first kappa shape index (κ1) is 9.46. The Labute approximate surface area is 73.8 Å². The molecule has 2 atom stereocenters. The standard InChI is InChI=1S/C10H17NO/c1-2-10(12)8-6-4-3-5-7-9(8)11/h2,8-9H,1,3-7,11H2. The zero-order valence-corrected chi connectivity index (χ0v) is 7.46. The Hall–Kier alpha value is -0.630. The minimum Gasteiger partial charge on any atom is -0.327 e. The smallest absolute Gasteiger partial charge is 0.159 e. The lowest BCUT2D eigenvalue weighted by atomic mass is 9.91. The van der Waals surface area contributed by atoms with Crippen molar-refractivity contribution in [3.63, 3.8) is 0 Å². The first-order valence-corrected chi connectivity index (χ1v) is 4.67. The van der Waals surface area contributed by atoms with E-state index in [0.717, 1.165) is 19.3 Å². The molecule has 1 fully saturated rings. The van der Waals surface area contributed by atoms with Gasteiger partial charge in [-0.15, -0.1) is 0 Å². The summed E-state index contributed by atoms with van der Waals surface area (Å²) < 4.78 is 0. The highest BCUT2D eigenvalue weighted by Gasteiger charge is 2.24. The normalized spacial score (nSPS) is 30.8. The van der Waals surface area contributed by atoms with Crippen LogP contribution in [-0.4, -0.2) is 11.8 Å². The van der Waals surface area contributed by atoms with Crippen LogP contribution in [0, 0.1) is 5.92 Å². The third-order valence-electron chi connectivity index (χ3n) is 2.64. The van der Waals surface area contributed by atoms with Crippen LogP contribution in [0.5, 0.6) is 0 Å². The summed E-state index contributed by atoms with van der Waals surface area (Å²) in [5.41, 5.74) is 5.89. The van der Waals surface area contributed by atoms with E-state index < -0.39 is 0 Å². The molecule has 0 heterocycles.